The Morgan fingerprint density at radius 3 is 2.15 bits per heavy atom. The summed E-state index contributed by atoms with van der Waals surface area (Å²) in [6.07, 6.45) is -3.70. The zero-order valence-electron chi connectivity index (χ0n) is 7.62. The van der Waals surface area contributed by atoms with Crippen LogP contribution in [0.15, 0.2) is 0 Å². The first-order valence-electron chi connectivity index (χ1n) is 3.86. The molecule has 0 aromatic rings. The molecule has 6 heteroatoms. The smallest absolute Gasteiger partial charge is 0.139 e. The van der Waals surface area contributed by atoms with Gasteiger partial charge in [0.2, 0.25) is 0 Å². The lowest BCUT2D eigenvalue weighted by atomic mass is 10.0. The third kappa shape index (κ3) is 2.77. The second-order valence-electron chi connectivity index (χ2n) is 3.24. The molecule has 3 N–H and O–H groups in total. The van der Waals surface area contributed by atoms with Crippen molar-refractivity contribution < 1.29 is 20.1 Å². The standard InChI is InChI=1S/C7H15NO4.ClH/c1-8(2)7-6(11)5(10)4(9)3-12-7;/h4-7,9-11H,3H2,1-2H3;1H/t4-,5+,6-,7?;/m1./s1. The van der Waals surface area contributed by atoms with Crippen LogP contribution in [0.5, 0.6) is 0 Å². The Kier molecular flexibility index (Phi) is 5.13. The fraction of sp³-hybridized carbons (Fsp3) is 1.00. The maximum atomic E-state index is 9.40. The van der Waals surface area contributed by atoms with E-state index in [4.69, 9.17) is 9.84 Å². The lowest BCUT2D eigenvalue weighted by Crippen LogP contribution is -2.57. The van der Waals surface area contributed by atoms with E-state index in [0.29, 0.717) is 0 Å². The number of aliphatic hydroxyl groups excluding tert-OH is 3. The van der Waals surface area contributed by atoms with Gasteiger partial charge in [-0.05, 0) is 14.1 Å². The minimum absolute atomic E-state index is 0. The molecule has 1 heterocycles. The topological polar surface area (TPSA) is 73.2 Å². The highest BCUT2D eigenvalue weighted by atomic mass is 35.5. The molecule has 1 aliphatic rings. The molecule has 0 spiro atoms. The van der Waals surface area contributed by atoms with Gasteiger partial charge in [0.05, 0.1) is 6.61 Å². The van der Waals surface area contributed by atoms with Crippen LogP contribution in [0.2, 0.25) is 0 Å². The van der Waals surface area contributed by atoms with Crippen molar-refractivity contribution in [3.05, 3.63) is 0 Å². The van der Waals surface area contributed by atoms with Crippen LogP contribution >= 0.6 is 12.4 Å². The molecule has 13 heavy (non-hydrogen) atoms. The second kappa shape index (κ2) is 5.09. The average Bonchev–Trinajstić information content (AvgIpc) is 2.00. The number of halogens is 1. The Labute approximate surface area is 83.3 Å². The molecule has 1 aliphatic heterocycles. The van der Waals surface area contributed by atoms with E-state index in [1.54, 1.807) is 19.0 Å². The molecular formula is C7H16ClNO4. The van der Waals surface area contributed by atoms with Crippen LogP contribution in [0.4, 0.5) is 0 Å². The highest BCUT2D eigenvalue weighted by molar-refractivity contribution is 5.85. The Hall–Kier alpha value is 0.0900. The van der Waals surface area contributed by atoms with Gasteiger partial charge in [0, 0.05) is 0 Å². The minimum Gasteiger partial charge on any atom is -0.388 e. The number of rotatable bonds is 1. The van der Waals surface area contributed by atoms with Crippen LogP contribution < -0.4 is 0 Å². The molecule has 5 nitrogen and oxygen atoms in total. The van der Waals surface area contributed by atoms with Crippen molar-refractivity contribution in [1.29, 1.82) is 0 Å². The number of likely N-dealkylation sites (N-methyl/N-ethyl adjacent to an activating group) is 1. The summed E-state index contributed by atoms with van der Waals surface area (Å²) < 4.78 is 5.10. The van der Waals surface area contributed by atoms with Gasteiger partial charge in [-0.1, -0.05) is 0 Å². The van der Waals surface area contributed by atoms with Gasteiger partial charge in [-0.2, -0.15) is 0 Å². The maximum absolute atomic E-state index is 9.40. The van der Waals surface area contributed by atoms with Crippen molar-refractivity contribution in [1.82, 2.24) is 4.90 Å². The third-order valence-corrected chi connectivity index (χ3v) is 1.98. The molecule has 80 valence electrons. The fourth-order valence-corrected chi connectivity index (χ4v) is 1.25. The Balaban J connectivity index is 0.00000144. The van der Waals surface area contributed by atoms with Crippen LogP contribution in [0, 0.1) is 0 Å². The molecule has 0 bridgehead atoms. The SMILES string of the molecule is CN(C)C1OC[C@@H](O)[C@H](O)[C@H]1O.Cl. The summed E-state index contributed by atoms with van der Waals surface area (Å²) >= 11 is 0. The molecule has 1 rings (SSSR count). The molecule has 0 aromatic heterocycles. The number of hydrogen-bond donors (Lipinski definition) is 3. The molecule has 1 saturated heterocycles. The van der Waals surface area contributed by atoms with E-state index in [1.165, 1.54) is 0 Å². The first kappa shape index (κ1) is 13.1. The largest absolute Gasteiger partial charge is 0.388 e. The Bertz CT molecular complexity index is 157. The molecule has 1 fully saturated rings. The van der Waals surface area contributed by atoms with Crippen molar-refractivity contribution in [2.75, 3.05) is 20.7 Å². The van der Waals surface area contributed by atoms with Crippen molar-refractivity contribution in [2.24, 2.45) is 0 Å². The summed E-state index contributed by atoms with van der Waals surface area (Å²) in [5.41, 5.74) is 0. The first-order valence-corrected chi connectivity index (χ1v) is 3.86. The third-order valence-electron chi connectivity index (χ3n) is 1.98. The number of ether oxygens (including phenoxy) is 1. The fourth-order valence-electron chi connectivity index (χ4n) is 1.25. The number of aliphatic hydroxyl groups is 3. The van der Waals surface area contributed by atoms with E-state index in [9.17, 15) is 10.2 Å². The van der Waals surface area contributed by atoms with Crippen LogP contribution in [0.25, 0.3) is 0 Å². The van der Waals surface area contributed by atoms with Crippen molar-refractivity contribution in [3.8, 4) is 0 Å². The van der Waals surface area contributed by atoms with Crippen LogP contribution in [-0.2, 0) is 4.74 Å². The molecule has 0 aromatic carbocycles. The predicted octanol–water partition coefficient (Wildman–Crippen LogP) is -1.59. The van der Waals surface area contributed by atoms with Crippen LogP contribution in [0.1, 0.15) is 0 Å². The van der Waals surface area contributed by atoms with Crippen LogP contribution in [-0.4, -0.2) is 65.5 Å². The molecular weight excluding hydrogens is 198 g/mol. The van der Waals surface area contributed by atoms with E-state index in [1.807, 2.05) is 0 Å². The van der Waals surface area contributed by atoms with Gasteiger partial charge in [0.1, 0.15) is 24.5 Å². The summed E-state index contributed by atoms with van der Waals surface area (Å²) in [6.45, 7) is 0.0566. The van der Waals surface area contributed by atoms with E-state index < -0.39 is 24.5 Å². The van der Waals surface area contributed by atoms with Gasteiger partial charge in [-0.25, -0.2) is 0 Å². The van der Waals surface area contributed by atoms with E-state index in [-0.39, 0.29) is 19.0 Å². The monoisotopic (exact) mass is 213 g/mol. The normalized spacial score (nSPS) is 40.2. The zero-order valence-corrected chi connectivity index (χ0v) is 8.44. The summed E-state index contributed by atoms with van der Waals surface area (Å²) in [5, 5.41) is 27.8. The summed E-state index contributed by atoms with van der Waals surface area (Å²) in [5.74, 6) is 0. The van der Waals surface area contributed by atoms with E-state index in [0.717, 1.165) is 0 Å². The lowest BCUT2D eigenvalue weighted by molar-refractivity contribution is -0.220. The summed E-state index contributed by atoms with van der Waals surface area (Å²) in [4.78, 5) is 1.65. The molecule has 1 unspecified atom stereocenters. The lowest BCUT2D eigenvalue weighted by Gasteiger charge is -2.38. The molecule has 0 saturated carbocycles. The summed E-state index contributed by atoms with van der Waals surface area (Å²) in [6, 6.07) is 0. The van der Waals surface area contributed by atoms with Gasteiger partial charge in [-0.3, -0.25) is 4.90 Å². The van der Waals surface area contributed by atoms with Gasteiger partial charge in [-0.15, -0.1) is 12.4 Å². The Morgan fingerprint density at radius 1 is 1.15 bits per heavy atom. The molecule has 0 amide bonds. The number of nitrogens with zero attached hydrogens (tertiary/aromatic N) is 1. The molecule has 0 aliphatic carbocycles. The second-order valence-corrected chi connectivity index (χ2v) is 3.24. The minimum atomic E-state index is -1.12. The van der Waals surface area contributed by atoms with Gasteiger partial charge in [0.25, 0.3) is 0 Å². The highest BCUT2D eigenvalue weighted by Gasteiger charge is 2.38. The van der Waals surface area contributed by atoms with Crippen molar-refractivity contribution >= 4 is 12.4 Å². The van der Waals surface area contributed by atoms with Crippen molar-refractivity contribution in [2.45, 2.75) is 24.5 Å². The van der Waals surface area contributed by atoms with Crippen LogP contribution in [0.3, 0.4) is 0 Å². The van der Waals surface area contributed by atoms with E-state index in [2.05, 4.69) is 0 Å². The van der Waals surface area contributed by atoms with Crippen molar-refractivity contribution in [3.63, 3.8) is 0 Å². The van der Waals surface area contributed by atoms with Gasteiger partial charge in [0.15, 0.2) is 0 Å². The highest BCUT2D eigenvalue weighted by Crippen LogP contribution is 2.16. The zero-order chi connectivity index (χ0) is 9.30. The number of hydrogen-bond acceptors (Lipinski definition) is 5. The Morgan fingerprint density at radius 2 is 1.69 bits per heavy atom. The quantitative estimate of drug-likeness (QED) is 0.490. The van der Waals surface area contributed by atoms with Gasteiger partial charge >= 0.3 is 0 Å². The predicted molar refractivity (Wildman–Crippen MR) is 48.7 cm³/mol. The van der Waals surface area contributed by atoms with E-state index >= 15 is 0 Å². The summed E-state index contributed by atoms with van der Waals surface area (Å²) in [7, 11) is 3.47. The first-order chi connectivity index (χ1) is 5.54. The molecule has 0 radical (unpaired) electrons. The molecule has 4 atom stereocenters. The maximum Gasteiger partial charge on any atom is 0.139 e. The average molecular weight is 214 g/mol. The van der Waals surface area contributed by atoms with Gasteiger partial charge < -0.3 is 20.1 Å².